The topological polar surface area (TPSA) is 41.5 Å². The number of ether oxygens (including phenoxy) is 1. The van der Waals surface area contributed by atoms with Crippen molar-refractivity contribution in [2.24, 2.45) is 0 Å². The standard InChI is InChI=1S/C6H11NO2/c8-5-3-7-4-1-2-9-6(4)5/h4-8H,1-3H2/t4-,5?,6+/m1/s1. The largest absolute Gasteiger partial charge is 0.389 e. The van der Waals surface area contributed by atoms with Gasteiger partial charge in [0.25, 0.3) is 0 Å². The first-order valence-electron chi connectivity index (χ1n) is 3.41. The Hall–Kier alpha value is -0.120. The Labute approximate surface area is 54.0 Å². The summed E-state index contributed by atoms with van der Waals surface area (Å²) in [4.78, 5) is 0. The number of aliphatic hydroxyl groups is 1. The van der Waals surface area contributed by atoms with E-state index in [2.05, 4.69) is 5.32 Å². The summed E-state index contributed by atoms with van der Waals surface area (Å²) in [5, 5.41) is 12.4. The van der Waals surface area contributed by atoms with Crippen molar-refractivity contribution in [1.82, 2.24) is 5.32 Å². The fraction of sp³-hybridized carbons (Fsp3) is 1.00. The summed E-state index contributed by atoms with van der Waals surface area (Å²) in [7, 11) is 0. The average molecular weight is 129 g/mol. The summed E-state index contributed by atoms with van der Waals surface area (Å²) in [6, 6.07) is 0.431. The van der Waals surface area contributed by atoms with Crippen LogP contribution in [-0.2, 0) is 4.74 Å². The van der Waals surface area contributed by atoms with Crippen molar-refractivity contribution < 1.29 is 9.84 Å². The van der Waals surface area contributed by atoms with Crippen molar-refractivity contribution in [1.29, 1.82) is 0 Å². The van der Waals surface area contributed by atoms with Crippen LogP contribution in [0.1, 0.15) is 6.42 Å². The molecule has 0 aliphatic carbocycles. The molecule has 0 saturated carbocycles. The minimum absolute atomic E-state index is 0.0880. The summed E-state index contributed by atoms with van der Waals surface area (Å²) in [6.07, 6.45) is 0.879. The van der Waals surface area contributed by atoms with Gasteiger partial charge in [0.1, 0.15) is 0 Å². The summed E-state index contributed by atoms with van der Waals surface area (Å²) < 4.78 is 5.28. The normalized spacial score (nSPS) is 49.7. The molecule has 0 amide bonds. The molecule has 2 rings (SSSR count). The predicted molar refractivity (Wildman–Crippen MR) is 32.2 cm³/mol. The molecule has 0 bridgehead atoms. The average Bonchev–Trinajstić information content (AvgIpc) is 2.35. The van der Waals surface area contributed by atoms with Gasteiger partial charge in [-0.05, 0) is 6.42 Å². The summed E-state index contributed by atoms with van der Waals surface area (Å²) >= 11 is 0. The molecule has 52 valence electrons. The molecule has 0 radical (unpaired) electrons. The van der Waals surface area contributed by atoms with E-state index in [-0.39, 0.29) is 12.2 Å². The third kappa shape index (κ3) is 0.764. The number of fused-ring (bicyclic) bond motifs is 1. The molecular weight excluding hydrogens is 118 g/mol. The Morgan fingerprint density at radius 2 is 2.44 bits per heavy atom. The SMILES string of the molecule is OC1CN[C@@H]2CCO[C@H]12. The van der Waals surface area contributed by atoms with Gasteiger partial charge in [-0.25, -0.2) is 0 Å². The van der Waals surface area contributed by atoms with Crippen molar-refractivity contribution >= 4 is 0 Å². The number of aliphatic hydroxyl groups excluding tert-OH is 1. The number of hydrogen-bond acceptors (Lipinski definition) is 3. The maximum atomic E-state index is 9.21. The maximum absolute atomic E-state index is 9.21. The van der Waals surface area contributed by atoms with Crippen LogP contribution in [0.25, 0.3) is 0 Å². The molecular formula is C6H11NO2. The van der Waals surface area contributed by atoms with Gasteiger partial charge in [0.15, 0.2) is 0 Å². The molecule has 2 N–H and O–H groups in total. The quantitative estimate of drug-likeness (QED) is 0.446. The fourth-order valence-electron chi connectivity index (χ4n) is 1.60. The highest BCUT2D eigenvalue weighted by molar-refractivity contribution is 4.94. The Morgan fingerprint density at radius 1 is 1.56 bits per heavy atom. The second-order valence-corrected chi connectivity index (χ2v) is 2.71. The lowest BCUT2D eigenvalue weighted by Crippen LogP contribution is -2.28. The molecule has 0 spiro atoms. The maximum Gasteiger partial charge on any atom is 0.0999 e. The molecule has 0 aromatic rings. The molecule has 2 saturated heterocycles. The van der Waals surface area contributed by atoms with Crippen molar-refractivity contribution in [2.75, 3.05) is 13.2 Å². The third-order valence-corrected chi connectivity index (χ3v) is 2.10. The van der Waals surface area contributed by atoms with Crippen LogP contribution < -0.4 is 5.32 Å². The highest BCUT2D eigenvalue weighted by Crippen LogP contribution is 2.21. The van der Waals surface area contributed by atoms with Gasteiger partial charge in [0.05, 0.1) is 12.2 Å². The second kappa shape index (κ2) is 1.94. The lowest BCUT2D eigenvalue weighted by Gasteiger charge is -2.09. The number of β-amino-alcohol motifs (C(OH)–C–C–N with tert-alkyl or cyclic N) is 1. The molecule has 2 aliphatic heterocycles. The molecule has 9 heavy (non-hydrogen) atoms. The van der Waals surface area contributed by atoms with E-state index in [9.17, 15) is 5.11 Å². The Balaban J connectivity index is 2.07. The van der Waals surface area contributed by atoms with Crippen LogP contribution in [0.5, 0.6) is 0 Å². The first-order valence-corrected chi connectivity index (χ1v) is 3.41. The van der Waals surface area contributed by atoms with Crippen LogP contribution in [-0.4, -0.2) is 36.5 Å². The molecule has 0 aromatic heterocycles. The smallest absolute Gasteiger partial charge is 0.0999 e. The van der Waals surface area contributed by atoms with Gasteiger partial charge in [0.2, 0.25) is 0 Å². The Bertz CT molecular complexity index is 118. The molecule has 3 atom stereocenters. The van der Waals surface area contributed by atoms with Crippen LogP contribution in [0.3, 0.4) is 0 Å². The van der Waals surface area contributed by atoms with Crippen LogP contribution in [0.4, 0.5) is 0 Å². The predicted octanol–water partition coefficient (Wildman–Crippen LogP) is -0.892. The fourth-order valence-corrected chi connectivity index (χ4v) is 1.60. The van der Waals surface area contributed by atoms with Gasteiger partial charge in [-0.2, -0.15) is 0 Å². The zero-order valence-electron chi connectivity index (χ0n) is 5.21. The summed E-state index contributed by atoms with van der Waals surface area (Å²) in [5.74, 6) is 0. The molecule has 3 nitrogen and oxygen atoms in total. The van der Waals surface area contributed by atoms with E-state index in [1.807, 2.05) is 0 Å². The van der Waals surface area contributed by atoms with E-state index in [4.69, 9.17) is 4.74 Å². The number of hydrogen-bond donors (Lipinski definition) is 2. The lowest BCUT2D eigenvalue weighted by molar-refractivity contribution is 0.0187. The molecule has 1 unspecified atom stereocenters. The number of nitrogens with one attached hydrogen (secondary N) is 1. The number of rotatable bonds is 0. The molecule has 0 aromatic carbocycles. The minimum atomic E-state index is -0.266. The zero-order chi connectivity index (χ0) is 6.27. The highest BCUT2D eigenvalue weighted by atomic mass is 16.5. The third-order valence-electron chi connectivity index (χ3n) is 2.10. The van der Waals surface area contributed by atoms with E-state index < -0.39 is 0 Å². The van der Waals surface area contributed by atoms with Gasteiger partial charge in [0, 0.05) is 19.2 Å². The minimum Gasteiger partial charge on any atom is -0.389 e. The van der Waals surface area contributed by atoms with Crippen molar-refractivity contribution in [3.05, 3.63) is 0 Å². The van der Waals surface area contributed by atoms with Crippen molar-refractivity contribution in [2.45, 2.75) is 24.7 Å². The van der Waals surface area contributed by atoms with Gasteiger partial charge < -0.3 is 15.2 Å². The van der Waals surface area contributed by atoms with Crippen LogP contribution in [0.15, 0.2) is 0 Å². The van der Waals surface area contributed by atoms with Crippen LogP contribution >= 0.6 is 0 Å². The van der Waals surface area contributed by atoms with E-state index in [0.717, 1.165) is 13.0 Å². The van der Waals surface area contributed by atoms with Crippen molar-refractivity contribution in [3.63, 3.8) is 0 Å². The van der Waals surface area contributed by atoms with Gasteiger partial charge in [-0.1, -0.05) is 0 Å². The molecule has 2 heterocycles. The van der Waals surface area contributed by atoms with Gasteiger partial charge in [-0.3, -0.25) is 0 Å². The Morgan fingerprint density at radius 3 is 3.22 bits per heavy atom. The summed E-state index contributed by atoms with van der Waals surface area (Å²) in [6.45, 7) is 1.51. The monoisotopic (exact) mass is 129 g/mol. The van der Waals surface area contributed by atoms with Crippen molar-refractivity contribution in [3.8, 4) is 0 Å². The van der Waals surface area contributed by atoms with Gasteiger partial charge >= 0.3 is 0 Å². The van der Waals surface area contributed by atoms with E-state index >= 15 is 0 Å². The molecule has 2 fully saturated rings. The molecule has 2 aliphatic rings. The zero-order valence-corrected chi connectivity index (χ0v) is 5.21. The van der Waals surface area contributed by atoms with E-state index in [0.29, 0.717) is 12.6 Å². The second-order valence-electron chi connectivity index (χ2n) is 2.71. The van der Waals surface area contributed by atoms with Crippen LogP contribution in [0, 0.1) is 0 Å². The van der Waals surface area contributed by atoms with Gasteiger partial charge in [-0.15, -0.1) is 0 Å². The Kier molecular flexibility index (Phi) is 1.22. The van der Waals surface area contributed by atoms with Crippen LogP contribution in [0.2, 0.25) is 0 Å². The lowest BCUT2D eigenvalue weighted by atomic mass is 10.1. The first kappa shape index (κ1) is 5.65. The van der Waals surface area contributed by atoms with E-state index in [1.165, 1.54) is 0 Å². The highest BCUT2D eigenvalue weighted by Gasteiger charge is 2.38. The van der Waals surface area contributed by atoms with E-state index in [1.54, 1.807) is 0 Å². The first-order chi connectivity index (χ1) is 4.38. The molecule has 3 heteroatoms. The summed E-state index contributed by atoms with van der Waals surface area (Å²) in [5.41, 5.74) is 0.